The minimum absolute atomic E-state index is 0.160. The van der Waals surface area contributed by atoms with Gasteiger partial charge in [0.05, 0.1) is 4.91 Å². The number of thiocarbonyl (C=S) groups is 1. The van der Waals surface area contributed by atoms with Crippen LogP contribution in [0.3, 0.4) is 0 Å². The molecule has 0 aliphatic carbocycles. The quantitative estimate of drug-likeness (QED) is 0.585. The first-order valence-electron chi connectivity index (χ1n) is 6.29. The molecule has 0 unspecified atom stereocenters. The van der Waals surface area contributed by atoms with Gasteiger partial charge in [-0.1, -0.05) is 42.2 Å². The number of aliphatic carboxylic acids is 2. The van der Waals surface area contributed by atoms with Crippen LogP contribution in [0.15, 0.2) is 29.2 Å². The third kappa shape index (κ3) is 4.30. The van der Waals surface area contributed by atoms with E-state index in [-0.39, 0.29) is 9.23 Å². The lowest BCUT2D eigenvalue weighted by Gasteiger charge is -2.10. The van der Waals surface area contributed by atoms with Crippen LogP contribution in [0.5, 0.6) is 5.75 Å². The Morgan fingerprint density at radius 1 is 1.26 bits per heavy atom. The van der Waals surface area contributed by atoms with Crippen molar-refractivity contribution in [1.29, 1.82) is 0 Å². The topological polar surface area (TPSA) is 104 Å². The average molecular weight is 353 g/mol. The van der Waals surface area contributed by atoms with Crippen molar-refractivity contribution in [2.24, 2.45) is 0 Å². The standard InChI is InChI=1S/C14H11NO6S2/c16-11(17)6-15-13(20)10(23-14(15)22)5-8-3-1-2-4-9(8)21-7-12(18)19/h1-5H,6-7H2,(H,16,17)(H,18,19). The summed E-state index contributed by atoms with van der Waals surface area (Å²) in [5.74, 6) is -2.48. The molecule has 1 aromatic rings. The Morgan fingerprint density at radius 2 is 1.96 bits per heavy atom. The van der Waals surface area contributed by atoms with E-state index < -0.39 is 31.0 Å². The van der Waals surface area contributed by atoms with E-state index in [1.807, 2.05) is 0 Å². The summed E-state index contributed by atoms with van der Waals surface area (Å²) in [6, 6.07) is 6.61. The Kier molecular flexibility index (Phi) is 5.35. The number of hydrogen-bond donors (Lipinski definition) is 2. The summed E-state index contributed by atoms with van der Waals surface area (Å²) in [4.78, 5) is 34.8. The number of ether oxygens (including phenoxy) is 1. The van der Waals surface area contributed by atoms with Crippen molar-refractivity contribution in [3.8, 4) is 5.75 Å². The smallest absolute Gasteiger partial charge is 0.341 e. The minimum Gasteiger partial charge on any atom is -0.481 e. The number of rotatable bonds is 6. The maximum Gasteiger partial charge on any atom is 0.341 e. The van der Waals surface area contributed by atoms with Gasteiger partial charge in [-0.05, 0) is 12.1 Å². The molecule has 1 fully saturated rings. The second kappa shape index (κ2) is 7.25. The van der Waals surface area contributed by atoms with E-state index in [9.17, 15) is 14.4 Å². The number of para-hydroxylation sites is 1. The predicted molar refractivity (Wildman–Crippen MR) is 87.1 cm³/mol. The van der Waals surface area contributed by atoms with Crippen molar-refractivity contribution in [3.05, 3.63) is 34.7 Å². The van der Waals surface area contributed by atoms with Gasteiger partial charge < -0.3 is 14.9 Å². The number of nitrogens with zero attached hydrogens (tertiary/aromatic N) is 1. The Labute approximate surface area is 140 Å². The molecule has 2 N–H and O–H groups in total. The van der Waals surface area contributed by atoms with Crippen LogP contribution < -0.4 is 4.74 Å². The molecule has 1 aromatic carbocycles. The number of carbonyl (C=O) groups is 3. The van der Waals surface area contributed by atoms with Crippen LogP contribution in [0.25, 0.3) is 6.08 Å². The number of benzene rings is 1. The third-order valence-corrected chi connectivity index (χ3v) is 4.10. The summed E-state index contributed by atoms with van der Waals surface area (Å²) in [6.07, 6.45) is 1.50. The van der Waals surface area contributed by atoms with Gasteiger partial charge in [-0.25, -0.2) is 4.79 Å². The fraction of sp³-hybridized carbons (Fsp3) is 0.143. The molecule has 23 heavy (non-hydrogen) atoms. The fourth-order valence-corrected chi connectivity index (χ4v) is 3.03. The summed E-state index contributed by atoms with van der Waals surface area (Å²) < 4.78 is 5.32. The Bertz CT molecular complexity index is 715. The lowest BCUT2D eigenvalue weighted by Crippen LogP contribution is -2.33. The maximum atomic E-state index is 12.2. The number of carboxylic acid groups (broad SMARTS) is 2. The molecule has 0 bridgehead atoms. The summed E-state index contributed by atoms with van der Waals surface area (Å²) in [7, 11) is 0. The number of amides is 1. The monoisotopic (exact) mass is 353 g/mol. The lowest BCUT2D eigenvalue weighted by atomic mass is 10.2. The summed E-state index contributed by atoms with van der Waals surface area (Å²) in [6.45, 7) is -1.01. The van der Waals surface area contributed by atoms with Crippen LogP contribution in [-0.2, 0) is 14.4 Å². The molecule has 0 radical (unpaired) electrons. The summed E-state index contributed by atoms with van der Waals surface area (Å²) in [5.41, 5.74) is 0.504. The van der Waals surface area contributed by atoms with Crippen LogP contribution in [0, 0.1) is 0 Å². The number of carbonyl (C=O) groups excluding carboxylic acids is 1. The second-order valence-electron chi connectivity index (χ2n) is 4.38. The summed E-state index contributed by atoms with van der Waals surface area (Å²) in [5, 5.41) is 17.5. The van der Waals surface area contributed by atoms with Gasteiger partial charge in [0.2, 0.25) is 0 Å². The lowest BCUT2D eigenvalue weighted by molar-refractivity contribution is -0.140. The largest absolute Gasteiger partial charge is 0.481 e. The van der Waals surface area contributed by atoms with Gasteiger partial charge in [0, 0.05) is 5.56 Å². The van der Waals surface area contributed by atoms with Crippen molar-refractivity contribution in [3.63, 3.8) is 0 Å². The molecule has 120 valence electrons. The summed E-state index contributed by atoms with van der Waals surface area (Å²) >= 11 is 5.99. The molecule has 0 atom stereocenters. The molecule has 0 spiro atoms. The van der Waals surface area contributed by atoms with Gasteiger partial charge in [-0.2, -0.15) is 0 Å². The SMILES string of the molecule is O=C(O)COc1ccccc1C=C1SC(=S)N(CC(=O)O)C1=O. The van der Waals surface area contributed by atoms with Crippen molar-refractivity contribution >= 4 is 52.2 Å². The number of carboxylic acids is 2. The zero-order chi connectivity index (χ0) is 17.0. The van der Waals surface area contributed by atoms with Crippen LogP contribution in [0.1, 0.15) is 5.56 Å². The van der Waals surface area contributed by atoms with Gasteiger partial charge >= 0.3 is 11.9 Å². The van der Waals surface area contributed by atoms with E-state index in [0.717, 1.165) is 16.7 Å². The normalized spacial score (nSPS) is 16.0. The van der Waals surface area contributed by atoms with Gasteiger partial charge in [0.25, 0.3) is 5.91 Å². The highest BCUT2D eigenvalue weighted by Gasteiger charge is 2.33. The predicted octanol–water partition coefficient (Wildman–Crippen LogP) is 1.44. The highest BCUT2D eigenvalue weighted by atomic mass is 32.2. The van der Waals surface area contributed by atoms with Gasteiger partial charge in [-0.15, -0.1) is 0 Å². The van der Waals surface area contributed by atoms with Gasteiger partial charge in [-0.3, -0.25) is 14.5 Å². The highest BCUT2D eigenvalue weighted by molar-refractivity contribution is 8.26. The van der Waals surface area contributed by atoms with Crippen LogP contribution in [0.2, 0.25) is 0 Å². The zero-order valence-corrected chi connectivity index (χ0v) is 13.2. The molecule has 1 heterocycles. The fourth-order valence-electron chi connectivity index (χ4n) is 1.78. The molecule has 1 saturated heterocycles. The first kappa shape index (κ1) is 17.0. The molecule has 1 aliphatic heterocycles. The molecule has 7 nitrogen and oxygen atoms in total. The minimum atomic E-state index is -1.16. The number of hydrogen-bond acceptors (Lipinski definition) is 6. The Balaban J connectivity index is 2.25. The first-order chi connectivity index (χ1) is 10.9. The van der Waals surface area contributed by atoms with E-state index in [0.29, 0.717) is 11.3 Å². The Morgan fingerprint density at radius 3 is 2.61 bits per heavy atom. The van der Waals surface area contributed by atoms with E-state index in [2.05, 4.69) is 0 Å². The molecule has 1 aliphatic rings. The van der Waals surface area contributed by atoms with Crippen molar-refractivity contribution < 1.29 is 29.3 Å². The van der Waals surface area contributed by atoms with Gasteiger partial charge in [0.15, 0.2) is 6.61 Å². The molecular weight excluding hydrogens is 342 g/mol. The first-order valence-corrected chi connectivity index (χ1v) is 7.51. The molecule has 0 saturated carbocycles. The molecule has 2 rings (SSSR count). The van der Waals surface area contributed by atoms with Crippen molar-refractivity contribution in [1.82, 2.24) is 4.90 Å². The Hall–Kier alpha value is -2.39. The van der Waals surface area contributed by atoms with Crippen molar-refractivity contribution in [2.45, 2.75) is 0 Å². The zero-order valence-electron chi connectivity index (χ0n) is 11.6. The molecule has 1 amide bonds. The van der Waals surface area contributed by atoms with E-state index in [4.69, 9.17) is 27.2 Å². The molecule has 0 aromatic heterocycles. The van der Waals surface area contributed by atoms with E-state index >= 15 is 0 Å². The van der Waals surface area contributed by atoms with Crippen LogP contribution >= 0.6 is 24.0 Å². The van der Waals surface area contributed by atoms with Crippen LogP contribution in [0.4, 0.5) is 0 Å². The van der Waals surface area contributed by atoms with E-state index in [1.54, 1.807) is 24.3 Å². The maximum absolute atomic E-state index is 12.2. The second-order valence-corrected chi connectivity index (χ2v) is 6.06. The third-order valence-electron chi connectivity index (χ3n) is 2.72. The van der Waals surface area contributed by atoms with Crippen LogP contribution in [-0.4, -0.2) is 50.4 Å². The molecular formula is C14H11NO6S2. The number of thioether (sulfide) groups is 1. The van der Waals surface area contributed by atoms with Crippen molar-refractivity contribution in [2.75, 3.05) is 13.2 Å². The average Bonchev–Trinajstić information content (AvgIpc) is 2.73. The van der Waals surface area contributed by atoms with Gasteiger partial charge in [0.1, 0.15) is 16.6 Å². The van der Waals surface area contributed by atoms with E-state index in [1.165, 1.54) is 6.08 Å². The molecule has 9 heteroatoms. The highest BCUT2D eigenvalue weighted by Crippen LogP contribution is 2.34.